The Bertz CT molecular complexity index is 1730. The number of hydrogen-bond acceptors (Lipinski definition) is 10. The van der Waals surface area contributed by atoms with E-state index >= 15 is 0 Å². The monoisotopic (exact) mass is 647 g/mol. The summed E-state index contributed by atoms with van der Waals surface area (Å²) in [6.07, 6.45) is 2.96. The molecule has 1 aromatic heterocycles. The number of hydrogen-bond donors (Lipinski definition) is 0. The number of rotatable bonds is 12. The van der Waals surface area contributed by atoms with E-state index in [9.17, 15) is 36.9 Å². The summed E-state index contributed by atoms with van der Waals surface area (Å²) in [7, 11) is -3.77. The minimum absolute atomic E-state index is 0.0390. The average Bonchev–Trinajstić information content (AvgIpc) is 3.78. The first-order chi connectivity index (χ1) is 21.4. The fraction of sp³-hybridized carbons (Fsp3) is 0.414. The molecule has 5 rings (SSSR count). The molecule has 13 nitrogen and oxygen atoms in total. The number of nitrogens with zero attached hydrogens (tertiary/aromatic N) is 5. The summed E-state index contributed by atoms with van der Waals surface area (Å²) in [5.74, 6) is -2.63. The number of carbonyl (C=O) groups is 1. The standard InChI is InChI=1S/C29H31F2N5O8S/c1-2-26(37)43-18-29(7-8-29)19-44-27-25(16-32-35(28(27)38)24-14-21(30)13-22(31)15-24)33-9-11-34(12-10-33)45(41,42)17-20-3-5-23(6-4-20)36(39)40/h3-6,13-16H,2,7-12,17-19H2,1H3. The van der Waals surface area contributed by atoms with E-state index in [1.165, 1.54) is 34.8 Å². The molecule has 0 atom stereocenters. The van der Waals surface area contributed by atoms with Gasteiger partial charge in [-0.1, -0.05) is 19.1 Å². The zero-order chi connectivity index (χ0) is 32.4. The van der Waals surface area contributed by atoms with Gasteiger partial charge < -0.3 is 14.4 Å². The Morgan fingerprint density at radius 3 is 2.27 bits per heavy atom. The third-order valence-electron chi connectivity index (χ3n) is 7.78. The Morgan fingerprint density at radius 1 is 1.04 bits per heavy atom. The topological polar surface area (TPSA) is 154 Å². The van der Waals surface area contributed by atoms with Crippen LogP contribution in [0.15, 0.2) is 53.5 Å². The number of carbonyl (C=O) groups excluding carboxylic acids is 1. The second-order valence-electron chi connectivity index (χ2n) is 11.1. The number of non-ortho nitro benzene ring substituents is 1. The Hall–Kier alpha value is -4.44. The van der Waals surface area contributed by atoms with Crippen molar-refractivity contribution in [3.05, 3.63) is 86.3 Å². The van der Waals surface area contributed by atoms with Gasteiger partial charge in [0.15, 0.2) is 0 Å². The van der Waals surface area contributed by atoms with Gasteiger partial charge in [0.1, 0.15) is 23.9 Å². The van der Waals surface area contributed by atoms with Gasteiger partial charge in [-0.2, -0.15) is 14.1 Å². The van der Waals surface area contributed by atoms with Crippen molar-refractivity contribution < 1.29 is 36.4 Å². The normalized spacial score (nSPS) is 16.3. The number of nitro groups is 1. The average molecular weight is 648 g/mol. The number of piperazine rings is 1. The Labute approximate surface area is 257 Å². The molecule has 3 aromatic rings. The van der Waals surface area contributed by atoms with Crippen molar-refractivity contribution in [2.75, 3.05) is 44.3 Å². The maximum absolute atomic E-state index is 14.0. The second-order valence-corrected chi connectivity index (χ2v) is 13.0. The van der Waals surface area contributed by atoms with Gasteiger partial charge >= 0.3 is 11.5 Å². The fourth-order valence-electron chi connectivity index (χ4n) is 4.93. The van der Waals surface area contributed by atoms with Crippen molar-refractivity contribution in [3.63, 3.8) is 0 Å². The van der Waals surface area contributed by atoms with E-state index in [0.29, 0.717) is 24.5 Å². The highest BCUT2D eigenvalue weighted by atomic mass is 32.2. The lowest BCUT2D eigenvalue weighted by Gasteiger charge is -2.35. The molecule has 0 bridgehead atoms. The number of halogens is 2. The Balaban J connectivity index is 1.36. The third-order valence-corrected chi connectivity index (χ3v) is 9.63. The third kappa shape index (κ3) is 7.45. The first-order valence-electron chi connectivity index (χ1n) is 14.2. The van der Waals surface area contributed by atoms with E-state index in [4.69, 9.17) is 9.47 Å². The molecule has 2 aromatic carbocycles. The largest absolute Gasteiger partial charge is 0.485 e. The minimum Gasteiger partial charge on any atom is -0.485 e. The second kappa shape index (κ2) is 12.9. The summed E-state index contributed by atoms with van der Waals surface area (Å²) in [5, 5.41) is 15.0. The molecular formula is C29H31F2N5O8S. The van der Waals surface area contributed by atoms with Gasteiger partial charge in [-0.25, -0.2) is 17.2 Å². The number of ether oxygens (including phenoxy) is 2. The molecule has 16 heteroatoms. The molecule has 240 valence electrons. The molecule has 0 spiro atoms. The van der Waals surface area contributed by atoms with Crippen LogP contribution in [0.5, 0.6) is 5.75 Å². The predicted octanol–water partition coefficient (Wildman–Crippen LogP) is 3.18. The Morgan fingerprint density at radius 2 is 1.69 bits per heavy atom. The number of aromatic nitrogens is 2. The molecule has 1 saturated carbocycles. The highest BCUT2D eigenvalue weighted by Gasteiger charge is 2.45. The highest BCUT2D eigenvalue weighted by molar-refractivity contribution is 7.88. The molecule has 2 heterocycles. The summed E-state index contributed by atoms with van der Waals surface area (Å²) in [5.41, 5.74) is -0.851. The predicted molar refractivity (Wildman–Crippen MR) is 158 cm³/mol. The van der Waals surface area contributed by atoms with E-state index in [2.05, 4.69) is 5.10 Å². The van der Waals surface area contributed by atoms with Crippen molar-refractivity contribution in [3.8, 4) is 11.4 Å². The summed E-state index contributed by atoms with van der Waals surface area (Å²) in [6.45, 7) is 2.34. The van der Waals surface area contributed by atoms with Gasteiger partial charge in [-0.05, 0) is 30.5 Å². The van der Waals surface area contributed by atoms with Gasteiger partial charge in [0, 0.05) is 56.2 Å². The van der Waals surface area contributed by atoms with E-state index < -0.39 is 37.6 Å². The summed E-state index contributed by atoms with van der Waals surface area (Å²) < 4.78 is 67.7. The molecular weight excluding hydrogens is 616 g/mol. The van der Waals surface area contributed by atoms with Crippen LogP contribution < -0.4 is 15.2 Å². The molecule has 2 aliphatic rings. The number of sulfonamides is 1. The van der Waals surface area contributed by atoms with Crippen LogP contribution in [0.2, 0.25) is 0 Å². The van der Waals surface area contributed by atoms with Crippen molar-refractivity contribution in [1.29, 1.82) is 0 Å². The molecule has 0 N–H and O–H groups in total. The van der Waals surface area contributed by atoms with E-state index in [-0.39, 0.29) is 80.3 Å². The molecule has 0 radical (unpaired) electrons. The molecule has 1 aliphatic carbocycles. The van der Waals surface area contributed by atoms with Gasteiger partial charge in [0.05, 0.1) is 29.2 Å². The molecule has 0 amide bonds. The maximum atomic E-state index is 14.0. The molecule has 45 heavy (non-hydrogen) atoms. The lowest BCUT2D eigenvalue weighted by molar-refractivity contribution is -0.384. The van der Waals surface area contributed by atoms with Gasteiger partial charge in [0.2, 0.25) is 15.8 Å². The summed E-state index contributed by atoms with van der Waals surface area (Å²) >= 11 is 0. The SMILES string of the molecule is CCC(=O)OCC1(COc2c(N3CCN(S(=O)(=O)Cc4ccc([N+](=O)[O-])cc4)CC3)cnn(-c3cc(F)cc(F)c3)c2=O)CC1. The lowest BCUT2D eigenvalue weighted by atomic mass is 10.1. The van der Waals surface area contributed by atoms with Crippen LogP contribution in [-0.4, -0.2) is 72.8 Å². The van der Waals surface area contributed by atoms with Gasteiger partial charge in [0.25, 0.3) is 5.69 Å². The molecule has 2 fully saturated rings. The Kier molecular flexibility index (Phi) is 9.16. The number of anilines is 1. The van der Waals surface area contributed by atoms with Crippen molar-refractivity contribution in [2.45, 2.75) is 31.9 Å². The van der Waals surface area contributed by atoms with Crippen LogP contribution in [0, 0.1) is 27.2 Å². The quantitative estimate of drug-likeness (QED) is 0.163. The van der Waals surface area contributed by atoms with Crippen molar-refractivity contribution in [2.24, 2.45) is 5.41 Å². The van der Waals surface area contributed by atoms with Crippen LogP contribution in [0.4, 0.5) is 20.2 Å². The van der Waals surface area contributed by atoms with Crippen LogP contribution in [0.1, 0.15) is 31.7 Å². The fourth-order valence-corrected chi connectivity index (χ4v) is 6.44. The maximum Gasteiger partial charge on any atom is 0.316 e. The molecule has 0 unspecified atom stereocenters. The van der Waals surface area contributed by atoms with Crippen LogP contribution in [0.25, 0.3) is 5.69 Å². The van der Waals surface area contributed by atoms with Gasteiger partial charge in [-0.3, -0.25) is 19.7 Å². The molecule has 1 aliphatic heterocycles. The zero-order valence-electron chi connectivity index (χ0n) is 24.4. The molecule has 1 saturated heterocycles. The summed E-state index contributed by atoms with van der Waals surface area (Å²) in [4.78, 5) is 37.5. The smallest absolute Gasteiger partial charge is 0.316 e. The zero-order valence-corrected chi connectivity index (χ0v) is 25.2. The van der Waals surface area contributed by atoms with Crippen molar-refractivity contribution in [1.82, 2.24) is 14.1 Å². The number of nitro benzene ring substituents is 1. The van der Waals surface area contributed by atoms with E-state index in [1.54, 1.807) is 11.8 Å². The van der Waals surface area contributed by atoms with E-state index in [1.807, 2.05) is 0 Å². The van der Waals surface area contributed by atoms with E-state index in [0.717, 1.165) is 16.8 Å². The number of benzene rings is 2. The minimum atomic E-state index is -3.77. The lowest BCUT2D eigenvalue weighted by Crippen LogP contribution is -2.49. The summed E-state index contributed by atoms with van der Waals surface area (Å²) in [6, 6.07) is 7.88. The van der Waals surface area contributed by atoms with Crippen LogP contribution in [-0.2, 0) is 25.3 Å². The van der Waals surface area contributed by atoms with Crippen LogP contribution in [0.3, 0.4) is 0 Å². The number of esters is 1. The van der Waals surface area contributed by atoms with Crippen LogP contribution >= 0.6 is 0 Å². The first kappa shape index (κ1) is 32.0. The first-order valence-corrected chi connectivity index (χ1v) is 15.8. The van der Waals surface area contributed by atoms with Gasteiger partial charge in [-0.15, -0.1) is 0 Å². The highest BCUT2D eigenvalue weighted by Crippen LogP contribution is 2.46. The van der Waals surface area contributed by atoms with Crippen molar-refractivity contribution >= 4 is 27.4 Å².